The number of aryl methyl sites for hydroxylation is 1. The molecule has 2 heterocycles. The van der Waals surface area contributed by atoms with Crippen LogP contribution in [-0.4, -0.2) is 21.2 Å². The molecule has 0 spiro atoms. The predicted molar refractivity (Wildman–Crippen MR) is 105 cm³/mol. The highest BCUT2D eigenvalue weighted by Gasteiger charge is 2.30. The van der Waals surface area contributed by atoms with E-state index in [1.807, 2.05) is 29.7 Å². The summed E-state index contributed by atoms with van der Waals surface area (Å²) in [5, 5.41) is 19.7. The van der Waals surface area contributed by atoms with E-state index in [1.165, 1.54) is 12.1 Å². The first kappa shape index (κ1) is 18.9. The molecule has 1 fully saturated rings. The van der Waals surface area contributed by atoms with E-state index in [1.54, 1.807) is 11.8 Å². The molecule has 4 rings (SSSR count). The van der Waals surface area contributed by atoms with Gasteiger partial charge in [-0.2, -0.15) is 30.0 Å². The van der Waals surface area contributed by atoms with Crippen molar-refractivity contribution in [3.05, 3.63) is 53.6 Å². The van der Waals surface area contributed by atoms with Crippen LogP contribution in [0.5, 0.6) is 5.88 Å². The molecule has 3 aromatic rings. The Balaban J connectivity index is 1.80. The molecule has 0 radical (unpaired) electrons. The van der Waals surface area contributed by atoms with Crippen LogP contribution in [0.15, 0.2) is 52.7 Å². The maximum Gasteiger partial charge on any atom is 0.416 e. The van der Waals surface area contributed by atoms with Crippen molar-refractivity contribution >= 4 is 34.0 Å². The molecule has 4 nitrogen and oxygen atoms in total. The Kier molecular flexibility index (Phi) is 4.82. The van der Waals surface area contributed by atoms with E-state index in [2.05, 4.69) is 10.2 Å². The van der Waals surface area contributed by atoms with E-state index in [-0.39, 0.29) is 17.6 Å². The van der Waals surface area contributed by atoms with Gasteiger partial charge in [0, 0.05) is 16.9 Å². The van der Waals surface area contributed by atoms with Crippen LogP contribution in [0, 0.1) is 0 Å². The summed E-state index contributed by atoms with van der Waals surface area (Å²) in [6.07, 6.45) is -3.62. The topological polar surface area (TPSA) is 49.9 Å². The maximum absolute atomic E-state index is 12.9. The van der Waals surface area contributed by atoms with Crippen molar-refractivity contribution in [3.63, 3.8) is 0 Å². The van der Waals surface area contributed by atoms with Crippen LogP contribution in [0.25, 0.3) is 10.9 Å². The smallest absolute Gasteiger partial charge is 0.416 e. The average Bonchev–Trinajstić information content (AvgIpc) is 2.89. The summed E-state index contributed by atoms with van der Waals surface area (Å²) in [4.78, 5) is 0. The number of thioether (sulfide) groups is 1. The predicted octanol–water partition coefficient (Wildman–Crippen LogP) is 6.63. The van der Waals surface area contributed by atoms with Crippen LogP contribution >= 0.6 is 11.8 Å². The minimum Gasteiger partial charge on any atom is -0.493 e. The van der Waals surface area contributed by atoms with Gasteiger partial charge in [0.2, 0.25) is 5.88 Å². The highest BCUT2D eigenvalue weighted by atomic mass is 32.2. The lowest BCUT2D eigenvalue weighted by Gasteiger charge is -2.27. The maximum atomic E-state index is 12.9. The molecular weight excluding hydrogens is 387 g/mol. The molecule has 1 aliphatic rings. The zero-order valence-electron chi connectivity index (χ0n) is 15.1. The van der Waals surface area contributed by atoms with E-state index < -0.39 is 11.7 Å². The lowest BCUT2D eigenvalue weighted by molar-refractivity contribution is -0.137. The quantitative estimate of drug-likeness (QED) is 0.495. The second kappa shape index (κ2) is 7.16. The van der Waals surface area contributed by atoms with Gasteiger partial charge in [-0.1, -0.05) is 19.1 Å². The number of aromatic nitrogens is 1. The first-order chi connectivity index (χ1) is 13.4. The Morgan fingerprint density at radius 1 is 1.14 bits per heavy atom. The van der Waals surface area contributed by atoms with Crippen LogP contribution in [0.4, 0.5) is 24.5 Å². The zero-order valence-corrected chi connectivity index (χ0v) is 15.9. The number of benzene rings is 2. The van der Waals surface area contributed by atoms with Crippen LogP contribution in [-0.2, 0) is 12.6 Å². The molecule has 1 N–H and O–H groups in total. The molecule has 0 amide bonds. The first-order valence-electron chi connectivity index (χ1n) is 8.91. The van der Waals surface area contributed by atoms with Gasteiger partial charge in [-0.05, 0) is 42.3 Å². The molecule has 28 heavy (non-hydrogen) atoms. The van der Waals surface area contributed by atoms with Gasteiger partial charge in [-0.25, -0.2) is 0 Å². The summed E-state index contributed by atoms with van der Waals surface area (Å²) < 4.78 is 40.6. The molecule has 0 bridgehead atoms. The highest BCUT2D eigenvalue weighted by Crippen LogP contribution is 2.45. The molecule has 146 valence electrons. The Morgan fingerprint density at radius 3 is 2.57 bits per heavy atom. The van der Waals surface area contributed by atoms with E-state index in [4.69, 9.17) is 0 Å². The van der Waals surface area contributed by atoms with Crippen molar-refractivity contribution in [2.24, 2.45) is 10.2 Å². The number of halogens is 3. The summed E-state index contributed by atoms with van der Waals surface area (Å²) in [6, 6.07) is 10.8. The third kappa shape index (κ3) is 3.37. The minimum atomic E-state index is -4.44. The summed E-state index contributed by atoms with van der Waals surface area (Å²) >= 11 is 1.80. The van der Waals surface area contributed by atoms with Crippen LogP contribution < -0.4 is 0 Å². The molecule has 1 aliphatic heterocycles. The van der Waals surface area contributed by atoms with E-state index in [0.717, 1.165) is 46.5 Å². The van der Waals surface area contributed by atoms with Gasteiger partial charge in [-0.15, -0.1) is 5.11 Å². The highest BCUT2D eigenvalue weighted by molar-refractivity contribution is 8.00. The summed E-state index contributed by atoms with van der Waals surface area (Å²) in [7, 11) is 0. The summed E-state index contributed by atoms with van der Waals surface area (Å²) in [6.45, 7) is 2.03. The third-order valence-electron chi connectivity index (χ3n) is 4.85. The molecule has 2 aromatic carbocycles. The number of azo groups is 1. The van der Waals surface area contributed by atoms with Gasteiger partial charge >= 0.3 is 6.18 Å². The van der Waals surface area contributed by atoms with Crippen molar-refractivity contribution in [1.82, 2.24) is 4.57 Å². The van der Waals surface area contributed by atoms with E-state index in [0.29, 0.717) is 5.69 Å². The minimum absolute atomic E-state index is 0.00396. The molecule has 0 unspecified atom stereocenters. The Bertz CT molecular complexity index is 1050. The van der Waals surface area contributed by atoms with Gasteiger partial charge in [0.05, 0.1) is 22.8 Å². The zero-order chi connectivity index (χ0) is 19.9. The van der Waals surface area contributed by atoms with Crippen LogP contribution in [0.2, 0.25) is 0 Å². The lowest BCUT2D eigenvalue weighted by Crippen LogP contribution is -2.22. The SMILES string of the molecule is CCc1ccc2c(c1)c(N=Nc1cccc(C(F)(F)F)c1)c(O)n2C1CSC1. The Labute approximate surface area is 164 Å². The van der Waals surface area contributed by atoms with Gasteiger partial charge in [0.25, 0.3) is 0 Å². The van der Waals surface area contributed by atoms with Gasteiger partial charge in [0.15, 0.2) is 5.69 Å². The molecule has 0 aliphatic carbocycles. The average molecular weight is 405 g/mol. The number of hydrogen-bond donors (Lipinski definition) is 1. The normalized spacial score (nSPS) is 15.4. The standard InChI is InChI=1S/C20H18F3N3OS/c1-2-12-6-7-17-16(8-12)18(19(27)26(17)15-10-28-11-15)25-24-14-5-3-4-13(9-14)20(21,22)23/h3-9,15,27H,2,10-11H2,1H3. The fourth-order valence-electron chi connectivity index (χ4n) is 3.24. The molecule has 1 aromatic heterocycles. The second-order valence-electron chi connectivity index (χ2n) is 6.69. The lowest BCUT2D eigenvalue weighted by atomic mass is 10.1. The van der Waals surface area contributed by atoms with Crippen molar-refractivity contribution in [2.75, 3.05) is 11.5 Å². The van der Waals surface area contributed by atoms with Crippen molar-refractivity contribution in [1.29, 1.82) is 0 Å². The third-order valence-corrected chi connectivity index (χ3v) is 6.09. The number of rotatable bonds is 4. The molecular formula is C20H18F3N3OS. The fraction of sp³-hybridized carbons (Fsp3) is 0.300. The monoisotopic (exact) mass is 405 g/mol. The summed E-state index contributed by atoms with van der Waals surface area (Å²) in [5.74, 6) is 1.80. The van der Waals surface area contributed by atoms with E-state index in [9.17, 15) is 18.3 Å². The number of hydrogen-bond acceptors (Lipinski definition) is 4. The second-order valence-corrected chi connectivity index (χ2v) is 7.76. The van der Waals surface area contributed by atoms with Crippen LogP contribution in [0.1, 0.15) is 24.1 Å². The Morgan fingerprint density at radius 2 is 1.93 bits per heavy atom. The molecule has 8 heteroatoms. The van der Waals surface area contributed by atoms with Crippen LogP contribution in [0.3, 0.4) is 0 Å². The fourth-order valence-corrected chi connectivity index (χ4v) is 3.99. The number of fused-ring (bicyclic) bond motifs is 1. The van der Waals surface area contributed by atoms with Crippen molar-refractivity contribution in [2.45, 2.75) is 25.6 Å². The number of nitrogens with zero attached hydrogens (tertiary/aromatic N) is 3. The van der Waals surface area contributed by atoms with Crippen molar-refractivity contribution < 1.29 is 18.3 Å². The number of alkyl halides is 3. The largest absolute Gasteiger partial charge is 0.493 e. The molecule has 1 saturated heterocycles. The van der Waals surface area contributed by atoms with Gasteiger partial charge in [-0.3, -0.25) is 0 Å². The molecule has 0 saturated carbocycles. The molecule has 0 atom stereocenters. The van der Waals surface area contributed by atoms with Crippen molar-refractivity contribution in [3.8, 4) is 5.88 Å². The first-order valence-corrected chi connectivity index (χ1v) is 10.1. The van der Waals surface area contributed by atoms with Gasteiger partial charge in [0.1, 0.15) is 0 Å². The van der Waals surface area contributed by atoms with Gasteiger partial charge < -0.3 is 9.67 Å². The number of aromatic hydroxyl groups is 1. The summed E-state index contributed by atoms with van der Waals surface area (Å²) in [5.41, 5.74) is 1.54. The Hall–Kier alpha value is -2.48. The van der Waals surface area contributed by atoms with E-state index >= 15 is 0 Å².